The molecular formula is C23H26N4O3. The predicted octanol–water partition coefficient (Wildman–Crippen LogP) is 3.66. The van der Waals surface area contributed by atoms with Crippen LogP contribution in [0.25, 0.3) is 0 Å². The third-order valence-corrected chi connectivity index (χ3v) is 5.49. The first-order chi connectivity index (χ1) is 14.5. The van der Waals surface area contributed by atoms with Gasteiger partial charge in [-0.2, -0.15) is 0 Å². The lowest BCUT2D eigenvalue weighted by Crippen LogP contribution is -2.24. The van der Waals surface area contributed by atoms with Crippen LogP contribution in [0, 0.1) is 0 Å². The average Bonchev–Trinajstić information content (AvgIpc) is 3.35. The molecule has 4 rings (SSSR count). The summed E-state index contributed by atoms with van der Waals surface area (Å²) in [6.07, 6.45) is 2.28. The Morgan fingerprint density at radius 2 is 1.80 bits per heavy atom. The predicted molar refractivity (Wildman–Crippen MR) is 114 cm³/mol. The van der Waals surface area contributed by atoms with E-state index in [0.29, 0.717) is 23.2 Å². The van der Waals surface area contributed by atoms with E-state index in [2.05, 4.69) is 22.1 Å². The molecule has 1 aromatic heterocycles. The van der Waals surface area contributed by atoms with Gasteiger partial charge < -0.3 is 15.2 Å². The lowest BCUT2D eigenvalue weighted by molar-refractivity contribution is 0.100. The molecule has 1 aliphatic rings. The van der Waals surface area contributed by atoms with Crippen molar-refractivity contribution >= 4 is 5.91 Å². The summed E-state index contributed by atoms with van der Waals surface area (Å²) in [5.41, 5.74) is 8.14. The van der Waals surface area contributed by atoms with Crippen LogP contribution in [0.2, 0.25) is 0 Å². The highest BCUT2D eigenvalue weighted by molar-refractivity contribution is 5.92. The van der Waals surface area contributed by atoms with Crippen molar-refractivity contribution in [2.75, 3.05) is 13.7 Å². The van der Waals surface area contributed by atoms with Crippen LogP contribution in [0.5, 0.6) is 17.4 Å². The molecule has 156 valence electrons. The number of carbonyl (C=O) groups is 1. The van der Waals surface area contributed by atoms with E-state index >= 15 is 0 Å². The molecule has 1 atom stereocenters. The molecule has 1 saturated heterocycles. The lowest BCUT2D eigenvalue weighted by atomic mass is 10.1. The van der Waals surface area contributed by atoms with Crippen molar-refractivity contribution in [1.29, 1.82) is 0 Å². The van der Waals surface area contributed by atoms with Crippen LogP contribution in [-0.4, -0.2) is 34.2 Å². The topological polar surface area (TPSA) is 82.6 Å². The summed E-state index contributed by atoms with van der Waals surface area (Å²) in [7, 11) is 3.62. The Hall–Kier alpha value is -3.32. The summed E-state index contributed by atoms with van der Waals surface area (Å²) in [6, 6.07) is 17.3. The highest BCUT2D eigenvalue weighted by Crippen LogP contribution is 2.34. The highest BCUT2D eigenvalue weighted by atomic mass is 16.5. The van der Waals surface area contributed by atoms with Crippen molar-refractivity contribution in [2.24, 2.45) is 12.8 Å². The summed E-state index contributed by atoms with van der Waals surface area (Å²) in [6.45, 7) is 1.92. The van der Waals surface area contributed by atoms with Crippen LogP contribution in [0.4, 0.5) is 0 Å². The van der Waals surface area contributed by atoms with Gasteiger partial charge in [0.25, 0.3) is 0 Å². The fraction of sp³-hybridized carbons (Fsp3) is 0.304. The molecule has 1 amide bonds. The van der Waals surface area contributed by atoms with Crippen molar-refractivity contribution in [3.8, 4) is 17.4 Å². The zero-order valence-electron chi connectivity index (χ0n) is 17.2. The standard InChI is InChI=1S/C23H26N4O3/c1-26-21(14-22(25-26)29-2)20-4-3-13-27(20)15-16-5-9-18(10-6-16)30-19-11-7-17(8-12-19)23(24)28/h5-12,14,20H,3-4,13,15H2,1-2H3,(H2,24,28). The summed E-state index contributed by atoms with van der Waals surface area (Å²) in [5, 5.41) is 4.41. The number of amides is 1. The van der Waals surface area contributed by atoms with E-state index in [9.17, 15) is 4.79 Å². The highest BCUT2D eigenvalue weighted by Gasteiger charge is 2.29. The van der Waals surface area contributed by atoms with E-state index in [0.717, 1.165) is 25.3 Å². The minimum absolute atomic E-state index is 0.339. The number of rotatable bonds is 7. The Balaban J connectivity index is 1.41. The smallest absolute Gasteiger partial charge is 0.248 e. The van der Waals surface area contributed by atoms with Gasteiger partial charge in [-0.15, -0.1) is 5.10 Å². The summed E-state index contributed by atoms with van der Waals surface area (Å²) >= 11 is 0. The van der Waals surface area contributed by atoms with E-state index < -0.39 is 5.91 Å². The van der Waals surface area contributed by atoms with E-state index in [1.165, 1.54) is 17.7 Å². The van der Waals surface area contributed by atoms with Crippen LogP contribution in [0.15, 0.2) is 54.6 Å². The van der Waals surface area contributed by atoms with Crippen molar-refractivity contribution in [2.45, 2.75) is 25.4 Å². The summed E-state index contributed by atoms with van der Waals surface area (Å²) in [4.78, 5) is 13.6. The van der Waals surface area contributed by atoms with E-state index in [1.807, 2.05) is 29.9 Å². The first kappa shape index (κ1) is 20.0. The molecule has 0 spiro atoms. The molecule has 1 unspecified atom stereocenters. The minimum atomic E-state index is -0.448. The molecule has 7 heteroatoms. The Kier molecular flexibility index (Phi) is 5.72. The van der Waals surface area contributed by atoms with Crippen molar-refractivity contribution in [1.82, 2.24) is 14.7 Å². The minimum Gasteiger partial charge on any atom is -0.480 e. The van der Waals surface area contributed by atoms with Crippen LogP contribution in [0.1, 0.15) is 40.5 Å². The normalized spacial score (nSPS) is 16.5. The average molecular weight is 406 g/mol. The second-order valence-corrected chi connectivity index (χ2v) is 7.50. The van der Waals surface area contributed by atoms with Crippen molar-refractivity contribution < 1.29 is 14.3 Å². The van der Waals surface area contributed by atoms with Crippen molar-refractivity contribution in [3.05, 3.63) is 71.4 Å². The van der Waals surface area contributed by atoms with Crippen LogP contribution in [-0.2, 0) is 13.6 Å². The zero-order valence-corrected chi connectivity index (χ0v) is 17.2. The summed E-state index contributed by atoms with van der Waals surface area (Å²) < 4.78 is 13.1. The van der Waals surface area contributed by atoms with Gasteiger partial charge in [0, 0.05) is 25.2 Å². The molecule has 2 N–H and O–H groups in total. The first-order valence-corrected chi connectivity index (χ1v) is 10.0. The summed E-state index contributed by atoms with van der Waals surface area (Å²) in [5.74, 6) is 1.62. The Morgan fingerprint density at radius 3 is 2.40 bits per heavy atom. The second kappa shape index (κ2) is 8.59. The number of methoxy groups -OCH3 is 1. The van der Waals surface area contributed by atoms with Crippen LogP contribution in [0.3, 0.4) is 0 Å². The molecular weight excluding hydrogens is 380 g/mol. The number of hydrogen-bond donors (Lipinski definition) is 1. The second-order valence-electron chi connectivity index (χ2n) is 7.50. The zero-order chi connectivity index (χ0) is 21.1. The molecule has 1 aliphatic heterocycles. The van der Waals surface area contributed by atoms with Gasteiger partial charge in [0.05, 0.1) is 18.8 Å². The third-order valence-electron chi connectivity index (χ3n) is 5.49. The van der Waals surface area contributed by atoms with Gasteiger partial charge in [-0.25, -0.2) is 0 Å². The Bertz CT molecular complexity index is 1010. The van der Waals surface area contributed by atoms with Gasteiger partial charge in [0.2, 0.25) is 11.8 Å². The number of aromatic nitrogens is 2. The number of ether oxygens (including phenoxy) is 2. The first-order valence-electron chi connectivity index (χ1n) is 10.0. The molecule has 2 heterocycles. The van der Waals surface area contributed by atoms with Crippen molar-refractivity contribution in [3.63, 3.8) is 0 Å². The third kappa shape index (κ3) is 4.31. The van der Waals surface area contributed by atoms with Gasteiger partial charge in [0.15, 0.2) is 0 Å². The van der Waals surface area contributed by atoms with E-state index in [1.54, 1.807) is 31.4 Å². The fourth-order valence-electron chi connectivity index (χ4n) is 3.94. The maximum Gasteiger partial charge on any atom is 0.248 e. The van der Waals surface area contributed by atoms with Gasteiger partial charge in [-0.05, 0) is 61.3 Å². The number of aryl methyl sites for hydroxylation is 1. The maximum atomic E-state index is 11.2. The molecule has 0 saturated carbocycles. The largest absolute Gasteiger partial charge is 0.480 e. The number of carbonyl (C=O) groups excluding carboxylic acids is 1. The van der Waals surface area contributed by atoms with Gasteiger partial charge in [-0.1, -0.05) is 12.1 Å². The number of hydrogen-bond acceptors (Lipinski definition) is 5. The Morgan fingerprint density at radius 1 is 1.13 bits per heavy atom. The molecule has 0 aliphatic carbocycles. The monoisotopic (exact) mass is 406 g/mol. The molecule has 1 fully saturated rings. The lowest BCUT2D eigenvalue weighted by Gasteiger charge is -2.24. The van der Waals surface area contributed by atoms with Crippen LogP contribution >= 0.6 is 0 Å². The molecule has 0 radical (unpaired) electrons. The van der Waals surface area contributed by atoms with E-state index in [-0.39, 0.29) is 0 Å². The number of likely N-dealkylation sites (tertiary alicyclic amines) is 1. The molecule has 2 aromatic carbocycles. The number of primary amides is 1. The van der Waals surface area contributed by atoms with Gasteiger partial charge in [-0.3, -0.25) is 14.4 Å². The Labute approximate surface area is 176 Å². The molecule has 7 nitrogen and oxygen atoms in total. The number of nitrogens with zero attached hydrogens (tertiary/aromatic N) is 3. The van der Waals surface area contributed by atoms with Gasteiger partial charge >= 0.3 is 0 Å². The molecule has 30 heavy (non-hydrogen) atoms. The molecule has 3 aromatic rings. The van der Waals surface area contributed by atoms with Crippen LogP contribution < -0.4 is 15.2 Å². The van der Waals surface area contributed by atoms with E-state index in [4.69, 9.17) is 15.2 Å². The molecule has 0 bridgehead atoms. The number of nitrogens with two attached hydrogens (primary N) is 1. The fourth-order valence-corrected chi connectivity index (χ4v) is 3.94. The SMILES string of the molecule is COc1cc(C2CCCN2Cc2ccc(Oc3ccc(C(N)=O)cc3)cc2)n(C)n1. The number of benzene rings is 2. The maximum absolute atomic E-state index is 11.2. The quantitative estimate of drug-likeness (QED) is 0.648. The van der Waals surface area contributed by atoms with Gasteiger partial charge in [0.1, 0.15) is 11.5 Å².